The summed E-state index contributed by atoms with van der Waals surface area (Å²) in [5.74, 6) is 1.61. The van der Waals surface area contributed by atoms with E-state index in [4.69, 9.17) is 0 Å². The van der Waals surface area contributed by atoms with Crippen LogP contribution in [0.4, 0.5) is 0 Å². The highest BCUT2D eigenvalue weighted by Gasteiger charge is 2.39. The average Bonchev–Trinajstić information content (AvgIpc) is 2.48. The van der Waals surface area contributed by atoms with Crippen LogP contribution in [0.5, 0.6) is 0 Å². The molecule has 0 aromatic carbocycles. The summed E-state index contributed by atoms with van der Waals surface area (Å²) in [6, 6.07) is 0.344. The molecule has 2 saturated carbocycles. The molecule has 0 radical (unpaired) electrons. The fourth-order valence-corrected chi connectivity index (χ4v) is 2.44. The van der Waals surface area contributed by atoms with Crippen molar-refractivity contribution in [3.05, 3.63) is 0 Å². The molecule has 0 aromatic heterocycles. The lowest BCUT2D eigenvalue weighted by atomic mass is 9.96. The second kappa shape index (κ2) is 2.21. The minimum Gasteiger partial charge on any atom is -0.211 e. The van der Waals surface area contributed by atoms with Gasteiger partial charge in [0, 0.05) is 0 Å². The Kier molecular flexibility index (Phi) is 1.35. The van der Waals surface area contributed by atoms with Gasteiger partial charge in [-0.25, -0.2) is 9.79 Å². The van der Waals surface area contributed by atoms with Crippen molar-refractivity contribution in [1.29, 1.82) is 0 Å². The maximum atomic E-state index is 9.95. The summed E-state index contributed by atoms with van der Waals surface area (Å²) in [6.45, 7) is 0. The third-order valence-corrected chi connectivity index (χ3v) is 2.92. The lowest BCUT2D eigenvalue weighted by Gasteiger charge is -2.14. The van der Waals surface area contributed by atoms with Crippen molar-refractivity contribution in [3.63, 3.8) is 0 Å². The molecule has 0 aromatic rings. The van der Waals surface area contributed by atoms with Crippen molar-refractivity contribution < 1.29 is 4.79 Å². The van der Waals surface area contributed by atoms with E-state index in [0.717, 1.165) is 18.3 Å². The molecule has 0 amide bonds. The van der Waals surface area contributed by atoms with Crippen molar-refractivity contribution >= 4 is 6.08 Å². The minimum absolute atomic E-state index is 0.344. The first kappa shape index (κ1) is 6.11. The summed E-state index contributed by atoms with van der Waals surface area (Å²) in [6.07, 6.45) is 6.80. The monoisotopic (exact) mass is 137 g/mol. The summed E-state index contributed by atoms with van der Waals surface area (Å²) < 4.78 is 0. The van der Waals surface area contributed by atoms with E-state index in [9.17, 15) is 4.79 Å². The summed E-state index contributed by atoms with van der Waals surface area (Å²) in [7, 11) is 0. The van der Waals surface area contributed by atoms with E-state index in [-0.39, 0.29) is 0 Å². The molecule has 10 heavy (non-hydrogen) atoms. The zero-order chi connectivity index (χ0) is 6.97. The molecule has 2 heteroatoms. The molecule has 2 aliphatic rings. The molecule has 0 saturated heterocycles. The molecule has 0 N–H and O–H groups in total. The van der Waals surface area contributed by atoms with Gasteiger partial charge < -0.3 is 0 Å². The van der Waals surface area contributed by atoms with E-state index in [1.807, 2.05) is 0 Å². The fraction of sp³-hybridized carbons (Fsp3) is 0.875. The van der Waals surface area contributed by atoms with Crippen molar-refractivity contribution in [2.24, 2.45) is 16.8 Å². The molecular formula is C8H11NO. The quantitative estimate of drug-likeness (QED) is 0.398. The van der Waals surface area contributed by atoms with Gasteiger partial charge in [-0.15, -0.1) is 0 Å². The number of nitrogens with zero attached hydrogens (tertiary/aromatic N) is 1. The molecule has 2 fully saturated rings. The molecular weight excluding hydrogens is 126 g/mol. The van der Waals surface area contributed by atoms with E-state index < -0.39 is 0 Å². The van der Waals surface area contributed by atoms with Gasteiger partial charge in [0.2, 0.25) is 6.08 Å². The highest BCUT2D eigenvalue weighted by Crippen LogP contribution is 2.45. The van der Waals surface area contributed by atoms with Crippen LogP contribution in [0.15, 0.2) is 4.99 Å². The Morgan fingerprint density at radius 1 is 1.30 bits per heavy atom. The number of rotatable bonds is 1. The van der Waals surface area contributed by atoms with Crippen LogP contribution >= 0.6 is 0 Å². The Bertz CT molecular complexity index is 184. The molecule has 2 rings (SSSR count). The predicted molar refractivity (Wildman–Crippen MR) is 37.4 cm³/mol. The van der Waals surface area contributed by atoms with Gasteiger partial charge in [-0.05, 0) is 31.1 Å². The van der Waals surface area contributed by atoms with Crippen LogP contribution in [0.2, 0.25) is 0 Å². The molecule has 3 atom stereocenters. The van der Waals surface area contributed by atoms with E-state index >= 15 is 0 Å². The third-order valence-electron chi connectivity index (χ3n) is 2.92. The van der Waals surface area contributed by atoms with Gasteiger partial charge in [-0.1, -0.05) is 6.42 Å². The van der Waals surface area contributed by atoms with Gasteiger partial charge in [0.1, 0.15) is 0 Å². The summed E-state index contributed by atoms with van der Waals surface area (Å²) in [4.78, 5) is 13.7. The van der Waals surface area contributed by atoms with E-state index in [0.29, 0.717) is 6.04 Å². The SMILES string of the molecule is O=C=N[C@H]1C[C@H]2CC[C@H]1C2. The van der Waals surface area contributed by atoms with Crippen LogP contribution in [0.3, 0.4) is 0 Å². The smallest absolute Gasteiger partial charge is 0.211 e. The highest BCUT2D eigenvalue weighted by molar-refractivity contribution is 5.34. The van der Waals surface area contributed by atoms with Crippen LogP contribution < -0.4 is 0 Å². The number of isocyanates is 1. The Labute approximate surface area is 60.3 Å². The summed E-state index contributed by atoms with van der Waals surface area (Å²) >= 11 is 0. The first-order valence-electron chi connectivity index (χ1n) is 3.97. The lowest BCUT2D eigenvalue weighted by Crippen LogP contribution is -2.13. The molecule has 54 valence electrons. The Morgan fingerprint density at radius 2 is 2.20 bits per heavy atom. The van der Waals surface area contributed by atoms with Crippen molar-refractivity contribution in [1.82, 2.24) is 0 Å². The van der Waals surface area contributed by atoms with Gasteiger partial charge >= 0.3 is 0 Å². The number of hydrogen-bond acceptors (Lipinski definition) is 2. The maximum Gasteiger partial charge on any atom is 0.235 e. The molecule has 0 aliphatic heterocycles. The largest absolute Gasteiger partial charge is 0.235 e. The van der Waals surface area contributed by atoms with Crippen LogP contribution in [0.25, 0.3) is 0 Å². The predicted octanol–water partition coefficient (Wildman–Crippen LogP) is 1.51. The van der Waals surface area contributed by atoms with Crippen LogP contribution in [-0.4, -0.2) is 12.1 Å². The Balaban J connectivity index is 2.08. The molecule has 0 spiro atoms. The second-order valence-electron chi connectivity index (χ2n) is 3.46. The normalized spacial score (nSPS) is 43.4. The van der Waals surface area contributed by atoms with Gasteiger partial charge in [0.15, 0.2) is 0 Å². The highest BCUT2D eigenvalue weighted by atomic mass is 16.1. The van der Waals surface area contributed by atoms with E-state index in [1.165, 1.54) is 19.3 Å². The molecule has 2 aliphatic carbocycles. The minimum atomic E-state index is 0.344. The Morgan fingerprint density at radius 3 is 2.70 bits per heavy atom. The van der Waals surface area contributed by atoms with Gasteiger partial charge in [-0.2, -0.15) is 0 Å². The number of fused-ring (bicyclic) bond motifs is 2. The molecule has 0 unspecified atom stereocenters. The first-order chi connectivity index (χ1) is 4.90. The lowest BCUT2D eigenvalue weighted by molar-refractivity contribution is 0.417. The summed E-state index contributed by atoms with van der Waals surface area (Å²) in [5.41, 5.74) is 0. The zero-order valence-corrected chi connectivity index (χ0v) is 5.92. The maximum absolute atomic E-state index is 9.95. The first-order valence-corrected chi connectivity index (χ1v) is 3.97. The zero-order valence-electron chi connectivity index (χ0n) is 5.92. The van der Waals surface area contributed by atoms with Crippen LogP contribution in [0.1, 0.15) is 25.7 Å². The number of aliphatic imine (C=N–C) groups is 1. The van der Waals surface area contributed by atoms with E-state index in [1.54, 1.807) is 6.08 Å². The van der Waals surface area contributed by atoms with Crippen molar-refractivity contribution in [2.75, 3.05) is 0 Å². The van der Waals surface area contributed by atoms with Crippen LogP contribution in [-0.2, 0) is 4.79 Å². The number of carbonyl (C=O) groups excluding carboxylic acids is 1. The molecule has 2 bridgehead atoms. The number of hydrogen-bond donors (Lipinski definition) is 0. The third kappa shape index (κ3) is 0.800. The molecule has 2 nitrogen and oxygen atoms in total. The van der Waals surface area contributed by atoms with E-state index in [2.05, 4.69) is 4.99 Å². The second-order valence-corrected chi connectivity index (χ2v) is 3.46. The topological polar surface area (TPSA) is 29.4 Å². The summed E-state index contributed by atoms with van der Waals surface area (Å²) in [5, 5.41) is 0. The standard InChI is InChI=1S/C8H11NO/c10-5-9-8-4-6-1-2-7(8)3-6/h6-8H,1-4H2/t6-,7-,8-/m0/s1. The molecule has 0 heterocycles. The Hall–Kier alpha value is -0.620. The average molecular weight is 137 g/mol. The fourth-order valence-electron chi connectivity index (χ4n) is 2.44. The van der Waals surface area contributed by atoms with Crippen molar-refractivity contribution in [2.45, 2.75) is 31.7 Å². The van der Waals surface area contributed by atoms with Crippen molar-refractivity contribution in [3.8, 4) is 0 Å². The van der Waals surface area contributed by atoms with Gasteiger partial charge in [-0.3, -0.25) is 0 Å². The van der Waals surface area contributed by atoms with Gasteiger partial charge in [0.05, 0.1) is 6.04 Å². The van der Waals surface area contributed by atoms with Crippen LogP contribution in [0, 0.1) is 11.8 Å². The van der Waals surface area contributed by atoms with Gasteiger partial charge in [0.25, 0.3) is 0 Å².